The summed E-state index contributed by atoms with van der Waals surface area (Å²) in [6.45, 7) is 0. The Labute approximate surface area is 151 Å². The van der Waals surface area contributed by atoms with E-state index in [0.29, 0.717) is 28.3 Å². The quantitative estimate of drug-likeness (QED) is 0.556. The molecule has 0 aliphatic heterocycles. The first-order valence-corrected chi connectivity index (χ1v) is 7.98. The van der Waals surface area contributed by atoms with Crippen molar-refractivity contribution in [1.82, 2.24) is 0 Å². The lowest BCUT2D eigenvalue weighted by Crippen LogP contribution is -2.12. The number of amides is 1. The second-order valence-electron chi connectivity index (χ2n) is 5.47. The van der Waals surface area contributed by atoms with E-state index in [9.17, 15) is 9.59 Å². The number of ether oxygens (including phenoxy) is 2. The van der Waals surface area contributed by atoms with Gasteiger partial charge in [-0.2, -0.15) is 0 Å². The number of carbonyl (C=O) groups is 2. The number of rotatable bonds is 5. The second kappa shape index (κ2) is 7.98. The Bertz CT molecular complexity index is 905. The van der Waals surface area contributed by atoms with Crippen LogP contribution in [0, 0.1) is 0 Å². The predicted octanol–water partition coefficient (Wildman–Crippen LogP) is 4.17. The lowest BCUT2D eigenvalue weighted by Gasteiger charge is -2.08. The molecular formula is C21H17NO4. The maximum absolute atomic E-state index is 12.2. The molecule has 5 heteroatoms. The van der Waals surface area contributed by atoms with Crippen LogP contribution in [0.5, 0.6) is 11.5 Å². The van der Waals surface area contributed by atoms with E-state index in [0.717, 1.165) is 0 Å². The smallest absolute Gasteiger partial charge is 0.343 e. The van der Waals surface area contributed by atoms with Crippen LogP contribution >= 0.6 is 0 Å². The minimum atomic E-state index is -0.495. The Hall–Kier alpha value is -3.60. The summed E-state index contributed by atoms with van der Waals surface area (Å²) in [5, 5.41) is 2.80. The van der Waals surface area contributed by atoms with Gasteiger partial charge in [-0.3, -0.25) is 4.79 Å². The molecule has 3 rings (SSSR count). The summed E-state index contributed by atoms with van der Waals surface area (Å²) >= 11 is 0. The lowest BCUT2D eigenvalue weighted by atomic mass is 10.2. The molecule has 0 heterocycles. The normalized spacial score (nSPS) is 10.0. The first kappa shape index (κ1) is 17.2. The highest BCUT2D eigenvalue weighted by molar-refractivity contribution is 6.04. The molecule has 0 aliphatic rings. The van der Waals surface area contributed by atoms with E-state index < -0.39 is 5.97 Å². The van der Waals surface area contributed by atoms with Crippen LogP contribution in [0.1, 0.15) is 20.7 Å². The molecule has 5 nitrogen and oxygen atoms in total. The average Bonchev–Trinajstić information content (AvgIpc) is 2.69. The fourth-order valence-electron chi connectivity index (χ4n) is 2.32. The van der Waals surface area contributed by atoms with Gasteiger partial charge >= 0.3 is 5.97 Å². The Morgan fingerprint density at radius 2 is 1.50 bits per heavy atom. The van der Waals surface area contributed by atoms with Crippen molar-refractivity contribution >= 4 is 17.6 Å². The van der Waals surface area contributed by atoms with Gasteiger partial charge < -0.3 is 14.8 Å². The highest BCUT2D eigenvalue weighted by atomic mass is 16.5. The number of hydrogen-bond donors (Lipinski definition) is 1. The number of esters is 1. The minimum Gasteiger partial charge on any atom is -0.497 e. The molecule has 1 amide bonds. The first-order chi connectivity index (χ1) is 12.7. The zero-order valence-electron chi connectivity index (χ0n) is 14.1. The van der Waals surface area contributed by atoms with E-state index in [-0.39, 0.29) is 5.91 Å². The molecule has 130 valence electrons. The van der Waals surface area contributed by atoms with Gasteiger partial charge in [0, 0.05) is 11.3 Å². The molecule has 0 fully saturated rings. The van der Waals surface area contributed by atoms with Crippen LogP contribution < -0.4 is 14.8 Å². The fourth-order valence-corrected chi connectivity index (χ4v) is 2.32. The first-order valence-electron chi connectivity index (χ1n) is 7.98. The number of hydrogen-bond acceptors (Lipinski definition) is 4. The summed E-state index contributed by atoms with van der Waals surface area (Å²) in [5.41, 5.74) is 1.57. The topological polar surface area (TPSA) is 64.6 Å². The van der Waals surface area contributed by atoms with E-state index in [2.05, 4.69) is 5.32 Å². The standard InChI is InChI=1S/C21H17NO4/c1-25-19-9-5-6-16(14-19)21(24)26-18-12-10-15(11-13-18)20(23)22-17-7-3-2-4-8-17/h2-14H,1H3,(H,22,23). The van der Waals surface area contributed by atoms with Crippen molar-refractivity contribution in [2.45, 2.75) is 0 Å². The van der Waals surface area contributed by atoms with Crippen LogP contribution in [0.3, 0.4) is 0 Å². The molecule has 26 heavy (non-hydrogen) atoms. The SMILES string of the molecule is COc1cccc(C(=O)Oc2ccc(C(=O)Nc3ccccc3)cc2)c1. The van der Waals surface area contributed by atoms with Gasteiger partial charge in [-0.05, 0) is 54.6 Å². The molecule has 0 spiro atoms. The van der Waals surface area contributed by atoms with Gasteiger partial charge in [-0.1, -0.05) is 24.3 Å². The van der Waals surface area contributed by atoms with Crippen LogP contribution in [0.2, 0.25) is 0 Å². The number of anilines is 1. The van der Waals surface area contributed by atoms with Gasteiger partial charge in [0.1, 0.15) is 11.5 Å². The molecule has 3 aromatic carbocycles. The molecular weight excluding hydrogens is 330 g/mol. The summed E-state index contributed by atoms with van der Waals surface area (Å²) in [7, 11) is 1.53. The van der Waals surface area contributed by atoms with Crippen molar-refractivity contribution in [2.75, 3.05) is 12.4 Å². The maximum atomic E-state index is 12.2. The van der Waals surface area contributed by atoms with Crippen molar-refractivity contribution in [3.05, 3.63) is 90.0 Å². The van der Waals surface area contributed by atoms with Gasteiger partial charge in [-0.25, -0.2) is 4.79 Å². The molecule has 0 radical (unpaired) electrons. The monoisotopic (exact) mass is 347 g/mol. The lowest BCUT2D eigenvalue weighted by molar-refractivity contribution is 0.0734. The van der Waals surface area contributed by atoms with Crippen molar-refractivity contribution in [3.8, 4) is 11.5 Å². The number of methoxy groups -OCH3 is 1. The van der Waals surface area contributed by atoms with Crippen LogP contribution in [-0.4, -0.2) is 19.0 Å². The Morgan fingerprint density at radius 1 is 0.769 bits per heavy atom. The summed E-state index contributed by atoms with van der Waals surface area (Å²) in [5.74, 6) is 0.203. The van der Waals surface area contributed by atoms with Gasteiger partial charge in [-0.15, -0.1) is 0 Å². The molecule has 3 aromatic rings. The van der Waals surface area contributed by atoms with Gasteiger partial charge in [0.25, 0.3) is 5.91 Å². The molecule has 0 unspecified atom stereocenters. The zero-order valence-corrected chi connectivity index (χ0v) is 14.1. The minimum absolute atomic E-state index is 0.234. The summed E-state index contributed by atoms with van der Waals surface area (Å²) in [6.07, 6.45) is 0. The maximum Gasteiger partial charge on any atom is 0.343 e. The predicted molar refractivity (Wildman–Crippen MR) is 98.8 cm³/mol. The van der Waals surface area contributed by atoms with Crippen molar-refractivity contribution in [3.63, 3.8) is 0 Å². The van der Waals surface area contributed by atoms with E-state index in [4.69, 9.17) is 9.47 Å². The molecule has 0 bridgehead atoms. The molecule has 0 saturated carbocycles. The summed E-state index contributed by atoms with van der Waals surface area (Å²) in [6, 6.07) is 22.3. The van der Waals surface area contributed by atoms with Crippen LogP contribution in [0.25, 0.3) is 0 Å². The Morgan fingerprint density at radius 3 is 2.19 bits per heavy atom. The highest BCUT2D eigenvalue weighted by Gasteiger charge is 2.11. The van der Waals surface area contributed by atoms with E-state index in [1.54, 1.807) is 48.5 Å². The highest BCUT2D eigenvalue weighted by Crippen LogP contribution is 2.18. The molecule has 0 saturated heterocycles. The largest absolute Gasteiger partial charge is 0.497 e. The third-order valence-corrected chi connectivity index (χ3v) is 3.66. The molecule has 0 atom stereocenters. The Kier molecular flexibility index (Phi) is 5.29. The van der Waals surface area contributed by atoms with E-state index in [1.165, 1.54) is 7.11 Å². The third kappa shape index (κ3) is 4.27. The summed E-state index contributed by atoms with van der Waals surface area (Å²) < 4.78 is 10.4. The number of benzene rings is 3. The number of nitrogens with one attached hydrogen (secondary N) is 1. The third-order valence-electron chi connectivity index (χ3n) is 3.66. The van der Waals surface area contributed by atoms with E-state index in [1.807, 2.05) is 30.3 Å². The fraction of sp³-hybridized carbons (Fsp3) is 0.0476. The number of carbonyl (C=O) groups excluding carboxylic acids is 2. The zero-order chi connectivity index (χ0) is 18.4. The van der Waals surface area contributed by atoms with Gasteiger partial charge in [0.2, 0.25) is 0 Å². The van der Waals surface area contributed by atoms with Crippen molar-refractivity contribution in [2.24, 2.45) is 0 Å². The second-order valence-corrected chi connectivity index (χ2v) is 5.47. The van der Waals surface area contributed by atoms with Crippen molar-refractivity contribution in [1.29, 1.82) is 0 Å². The van der Waals surface area contributed by atoms with Gasteiger partial charge in [0.15, 0.2) is 0 Å². The van der Waals surface area contributed by atoms with Crippen LogP contribution in [-0.2, 0) is 0 Å². The average molecular weight is 347 g/mol. The van der Waals surface area contributed by atoms with Crippen LogP contribution in [0.4, 0.5) is 5.69 Å². The van der Waals surface area contributed by atoms with Gasteiger partial charge in [0.05, 0.1) is 12.7 Å². The van der Waals surface area contributed by atoms with Crippen molar-refractivity contribution < 1.29 is 19.1 Å². The molecule has 1 N–H and O–H groups in total. The van der Waals surface area contributed by atoms with Crippen LogP contribution in [0.15, 0.2) is 78.9 Å². The molecule has 0 aliphatic carbocycles. The number of para-hydroxylation sites is 1. The summed E-state index contributed by atoms with van der Waals surface area (Å²) in [4.78, 5) is 24.4. The van der Waals surface area contributed by atoms with E-state index >= 15 is 0 Å². The molecule has 0 aromatic heterocycles. The Balaban J connectivity index is 1.65.